The number of rotatable bonds is 3. The molecule has 0 aliphatic carbocycles. The molecule has 5 nitrogen and oxygen atoms in total. The summed E-state index contributed by atoms with van der Waals surface area (Å²) in [6.45, 7) is 5.21. The van der Waals surface area contributed by atoms with E-state index in [-0.39, 0.29) is 18.1 Å². The Balaban J connectivity index is 1.80. The van der Waals surface area contributed by atoms with Crippen molar-refractivity contribution in [1.29, 1.82) is 0 Å². The van der Waals surface area contributed by atoms with Crippen molar-refractivity contribution >= 4 is 5.91 Å². The molecule has 0 bridgehead atoms. The molecule has 2 N–H and O–H groups in total. The summed E-state index contributed by atoms with van der Waals surface area (Å²) in [7, 11) is 1.90. The smallest absolute Gasteiger partial charge is 0.236 e. The minimum atomic E-state index is 0.161. The molecular formula is C13H25N3O2. The fourth-order valence-electron chi connectivity index (χ4n) is 2.83. The maximum absolute atomic E-state index is 12.2. The first-order valence-electron chi connectivity index (χ1n) is 6.93. The van der Waals surface area contributed by atoms with Crippen molar-refractivity contribution in [2.24, 2.45) is 5.73 Å². The fourth-order valence-corrected chi connectivity index (χ4v) is 2.83. The molecule has 0 saturated carbocycles. The van der Waals surface area contributed by atoms with Crippen molar-refractivity contribution < 1.29 is 9.53 Å². The van der Waals surface area contributed by atoms with Crippen molar-refractivity contribution in [2.45, 2.75) is 44.4 Å². The maximum Gasteiger partial charge on any atom is 0.236 e. The zero-order valence-electron chi connectivity index (χ0n) is 11.5. The third-order valence-electron chi connectivity index (χ3n) is 4.22. The molecule has 2 atom stereocenters. The number of piperidine rings is 1. The largest absolute Gasteiger partial charge is 0.376 e. The summed E-state index contributed by atoms with van der Waals surface area (Å²) in [5.41, 5.74) is 5.87. The molecule has 0 aromatic heterocycles. The second-order valence-electron chi connectivity index (χ2n) is 5.55. The van der Waals surface area contributed by atoms with Crippen LogP contribution in [0.25, 0.3) is 0 Å². The van der Waals surface area contributed by atoms with Crippen molar-refractivity contribution in [1.82, 2.24) is 9.80 Å². The molecule has 104 valence electrons. The van der Waals surface area contributed by atoms with Crippen LogP contribution in [0, 0.1) is 0 Å². The van der Waals surface area contributed by atoms with E-state index >= 15 is 0 Å². The topological polar surface area (TPSA) is 58.8 Å². The number of likely N-dealkylation sites (N-methyl/N-ethyl adjacent to an activating group) is 1. The van der Waals surface area contributed by atoms with Crippen LogP contribution in [0.15, 0.2) is 0 Å². The number of amides is 1. The fraction of sp³-hybridized carbons (Fsp3) is 0.923. The van der Waals surface area contributed by atoms with Crippen LogP contribution < -0.4 is 5.73 Å². The lowest BCUT2D eigenvalue weighted by Gasteiger charge is -2.33. The van der Waals surface area contributed by atoms with E-state index in [4.69, 9.17) is 10.5 Å². The molecule has 0 radical (unpaired) electrons. The zero-order valence-corrected chi connectivity index (χ0v) is 11.5. The normalized spacial score (nSPS) is 30.6. The molecule has 0 spiro atoms. The van der Waals surface area contributed by atoms with Crippen LogP contribution in [0.1, 0.15) is 26.2 Å². The summed E-state index contributed by atoms with van der Waals surface area (Å²) >= 11 is 0. The van der Waals surface area contributed by atoms with E-state index in [1.54, 1.807) is 0 Å². The Bertz CT molecular complexity index is 290. The van der Waals surface area contributed by atoms with Crippen LogP contribution in [0.5, 0.6) is 0 Å². The second kappa shape index (κ2) is 5.99. The van der Waals surface area contributed by atoms with E-state index in [9.17, 15) is 4.79 Å². The van der Waals surface area contributed by atoms with Crippen LogP contribution in [0.2, 0.25) is 0 Å². The number of ether oxygens (including phenoxy) is 1. The summed E-state index contributed by atoms with van der Waals surface area (Å²) in [5.74, 6) is 0.202. The SMILES string of the molecule is CC1OCCC1N(C)C(=O)CN1CCC(N)CC1. The molecule has 2 unspecified atom stereocenters. The summed E-state index contributed by atoms with van der Waals surface area (Å²) < 4.78 is 5.52. The Labute approximate surface area is 109 Å². The van der Waals surface area contributed by atoms with E-state index in [0.29, 0.717) is 12.6 Å². The van der Waals surface area contributed by atoms with E-state index in [1.165, 1.54) is 0 Å². The van der Waals surface area contributed by atoms with Crippen molar-refractivity contribution in [3.05, 3.63) is 0 Å². The lowest BCUT2D eigenvalue weighted by molar-refractivity contribution is -0.134. The average molecular weight is 255 g/mol. The first-order chi connectivity index (χ1) is 8.58. The summed E-state index contributed by atoms with van der Waals surface area (Å²) in [4.78, 5) is 16.3. The van der Waals surface area contributed by atoms with Gasteiger partial charge in [0.2, 0.25) is 5.91 Å². The van der Waals surface area contributed by atoms with Crippen LogP contribution in [0.3, 0.4) is 0 Å². The van der Waals surface area contributed by atoms with Gasteiger partial charge in [0.1, 0.15) is 0 Å². The van der Waals surface area contributed by atoms with Gasteiger partial charge < -0.3 is 15.4 Å². The minimum Gasteiger partial charge on any atom is -0.376 e. The first-order valence-corrected chi connectivity index (χ1v) is 6.93. The molecule has 2 fully saturated rings. The van der Waals surface area contributed by atoms with Gasteiger partial charge in [0, 0.05) is 32.8 Å². The van der Waals surface area contributed by atoms with Crippen LogP contribution in [-0.2, 0) is 9.53 Å². The van der Waals surface area contributed by atoms with Gasteiger partial charge in [-0.2, -0.15) is 0 Å². The highest BCUT2D eigenvalue weighted by molar-refractivity contribution is 5.78. The lowest BCUT2D eigenvalue weighted by atomic mass is 10.1. The minimum absolute atomic E-state index is 0.161. The molecule has 0 aromatic rings. The van der Waals surface area contributed by atoms with Crippen molar-refractivity contribution in [3.8, 4) is 0 Å². The number of carbonyl (C=O) groups excluding carboxylic acids is 1. The third-order valence-corrected chi connectivity index (χ3v) is 4.22. The van der Waals surface area contributed by atoms with Gasteiger partial charge in [-0.05, 0) is 26.2 Å². The van der Waals surface area contributed by atoms with Gasteiger partial charge in [0.25, 0.3) is 0 Å². The van der Waals surface area contributed by atoms with Gasteiger partial charge in [-0.3, -0.25) is 9.69 Å². The van der Waals surface area contributed by atoms with Gasteiger partial charge in [0.15, 0.2) is 0 Å². The molecule has 5 heteroatoms. The molecule has 2 saturated heterocycles. The number of nitrogens with two attached hydrogens (primary N) is 1. The highest BCUT2D eigenvalue weighted by Gasteiger charge is 2.31. The molecular weight excluding hydrogens is 230 g/mol. The third kappa shape index (κ3) is 3.22. The summed E-state index contributed by atoms with van der Waals surface area (Å²) in [5, 5.41) is 0. The van der Waals surface area contributed by atoms with Gasteiger partial charge >= 0.3 is 0 Å². The number of hydrogen-bond donors (Lipinski definition) is 1. The van der Waals surface area contributed by atoms with Crippen LogP contribution in [0.4, 0.5) is 0 Å². The van der Waals surface area contributed by atoms with E-state index in [2.05, 4.69) is 4.90 Å². The first kappa shape index (κ1) is 13.8. The molecule has 18 heavy (non-hydrogen) atoms. The van der Waals surface area contributed by atoms with Crippen LogP contribution >= 0.6 is 0 Å². The van der Waals surface area contributed by atoms with E-state index in [1.807, 2.05) is 18.9 Å². The van der Waals surface area contributed by atoms with Crippen molar-refractivity contribution in [3.63, 3.8) is 0 Å². The number of hydrogen-bond acceptors (Lipinski definition) is 4. The predicted molar refractivity (Wildman–Crippen MR) is 70.2 cm³/mol. The Morgan fingerprint density at radius 2 is 2.06 bits per heavy atom. The highest BCUT2D eigenvalue weighted by atomic mass is 16.5. The van der Waals surface area contributed by atoms with E-state index in [0.717, 1.165) is 39.0 Å². The molecule has 2 aliphatic heterocycles. The molecule has 2 rings (SSSR count). The predicted octanol–water partition coefficient (Wildman–Crippen LogP) is 0.0453. The van der Waals surface area contributed by atoms with E-state index < -0.39 is 0 Å². The van der Waals surface area contributed by atoms with Gasteiger partial charge in [0.05, 0.1) is 18.7 Å². The molecule has 2 aliphatic rings. The second-order valence-corrected chi connectivity index (χ2v) is 5.55. The Morgan fingerprint density at radius 3 is 2.61 bits per heavy atom. The summed E-state index contributed by atoms with van der Waals surface area (Å²) in [6.07, 6.45) is 3.11. The van der Waals surface area contributed by atoms with Gasteiger partial charge in [-0.15, -0.1) is 0 Å². The van der Waals surface area contributed by atoms with Gasteiger partial charge in [-0.1, -0.05) is 0 Å². The number of nitrogens with zero attached hydrogens (tertiary/aromatic N) is 2. The Morgan fingerprint density at radius 1 is 1.39 bits per heavy atom. The van der Waals surface area contributed by atoms with Crippen molar-refractivity contribution in [2.75, 3.05) is 33.3 Å². The Kier molecular flexibility index (Phi) is 4.59. The quantitative estimate of drug-likeness (QED) is 0.774. The molecule has 2 heterocycles. The lowest BCUT2D eigenvalue weighted by Crippen LogP contribution is -2.48. The number of carbonyl (C=O) groups is 1. The van der Waals surface area contributed by atoms with Gasteiger partial charge in [-0.25, -0.2) is 0 Å². The number of likely N-dealkylation sites (tertiary alicyclic amines) is 1. The average Bonchev–Trinajstić information content (AvgIpc) is 2.77. The monoisotopic (exact) mass is 255 g/mol. The zero-order chi connectivity index (χ0) is 13.1. The molecule has 1 amide bonds. The van der Waals surface area contributed by atoms with Crippen LogP contribution in [-0.4, -0.2) is 67.2 Å². The maximum atomic E-state index is 12.2. The summed E-state index contributed by atoms with van der Waals surface area (Å²) in [6, 6.07) is 0.557. The standard InChI is InChI=1S/C13H25N3O2/c1-10-12(5-8-18-10)15(2)13(17)9-16-6-3-11(14)4-7-16/h10-12H,3-9,14H2,1-2H3. The Hall–Kier alpha value is -0.650. The molecule has 0 aromatic carbocycles. The highest BCUT2D eigenvalue weighted by Crippen LogP contribution is 2.18.